The van der Waals surface area contributed by atoms with E-state index in [1.54, 1.807) is 22.7 Å². The highest BCUT2D eigenvalue weighted by Crippen LogP contribution is 2.34. The molecule has 1 aliphatic rings. The molecule has 33 heavy (non-hydrogen) atoms. The molecular formula is C23H23F3N4O3. The first-order valence-electron chi connectivity index (χ1n) is 10.5. The fourth-order valence-electron chi connectivity index (χ4n) is 4.29. The highest BCUT2D eigenvalue weighted by Gasteiger charge is 2.34. The van der Waals surface area contributed by atoms with Crippen molar-refractivity contribution in [2.24, 2.45) is 5.92 Å². The number of carbonyl (C=O) groups excluding carboxylic acids is 1. The molecule has 4 rings (SSSR count). The molecule has 0 spiro atoms. The molecule has 7 nitrogen and oxygen atoms in total. The largest absolute Gasteiger partial charge is 0.465 e. The number of imidazole rings is 1. The Morgan fingerprint density at radius 2 is 1.94 bits per heavy atom. The summed E-state index contributed by atoms with van der Waals surface area (Å²) in [6.45, 7) is 1.91. The number of amides is 2. The molecule has 3 aromatic rings. The number of nitrogens with zero attached hydrogens (tertiary/aromatic N) is 3. The summed E-state index contributed by atoms with van der Waals surface area (Å²) >= 11 is 0. The first-order chi connectivity index (χ1) is 15.7. The first kappa shape index (κ1) is 22.6. The molecule has 1 aromatic carbocycles. The number of carbonyl (C=O) groups is 2. The molecule has 174 valence electrons. The molecule has 0 aliphatic carbocycles. The van der Waals surface area contributed by atoms with Gasteiger partial charge >= 0.3 is 6.09 Å². The third-order valence-corrected chi connectivity index (χ3v) is 6.02. The number of carboxylic acid groups (broad SMARTS) is 1. The van der Waals surface area contributed by atoms with Gasteiger partial charge in [0, 0.05) is 37.8 Å². The second-order valence-electron chi connectivity index (χ2n) is 8.23. The van der Waals surface area contributed by atoms with Crippen molar-refractivity contribution in [2.75, 3.05) is 20.1 Å². The van der Waals surface area contributed by atoms with E-state index in [0.717, 1.165) is 22.6 Å². The second-order valence-corrected chi connectivity index (χ2v) is 8.23. The van der Waals surface area contributed by atoms with Crippen molar-refractivity contribution in [3.63, 3.8) is 0 Å². The van der Waals surface area contributed by atoms with Crippen LogP contribution in [-0.4, -0.2) is 57.7 Å². The standard InChI is InChI=1S/C23H23F3N4O3/c1-12-3-6-30-18(10-14-11-29(23(32)33)5-4-15(14)24)21(28-19(30)7-12)20-16(25)8-13(9-17(20)26)22(31)27-2/h3,6-9,14-15H,4-5,10-11H2,1-2H3,(H,27,31)(H,32,33)/t14-,15?/m0/s1. The maximum atomic E-state index is 15.1. The third kappa shape index (κ3) is 4.24. The van der Waals surface area contributed by atoms with E-state index in [-0.39, 0.29) is 37.2 Å². The van der Waals surface area contributed by atoms with Crippen LogP contribution < -0.4 is 5.32 Å². The van der Waals surface area contributed by atoms with Crippen LogP contribution in [0.2, 0.25) is 0 Å². The number of halogens is 3. The predicted molar refractivity (Wildman–Crippen MR) is 115 cm³/mol. The highest BCUT2D eigenvalue weighted by molar-refractivity contribution is 5.94. The van der Waals surface area contributed by atoms with Crippen LogP contribution in [0.25, 0.3) is 16.9 Å². The molecule has 1 saturated heterocycles. The number of hydrogen-bond acceptors (Lipinski definition) is 3. The maximum Gasteiger partial charge on any atom is 0.407 e. The minimum absolute atomic E-state index is 0.00120. The summed E-state index contributed by atoms with van der Waals surface area (Å²) in [5, 5.41) is 11.6. The second kappa shape index (κ2) is 8.76. The van der Waals surface area contributed by atoms with Gasteiger partial charge in [0.05, 0.1) is 17.0 Å². The molecule has 0 saturated carbocycles. The van der Waals surface area contributed by atoms with Crippen LogP contribution in [0.1, 0.15) is 28.0 Å². The zero-order valence-corrected chi connectivity index (χ0v) is 18.1. The Kier molecular flexibility index (Phi) is 6.01. The number of piperidine rings is 1. The number of benzene rings is 1. The summed E-state index contributed by atoms with van der Waals surface area (Å²) in [6, 6.07) is 5.39. The Labute approximate surface area is 187 Å². The summed E-state index contributed by atoms with van der Waals surface area (Å²) in [6.07, 6.45) is -0.639. The number of rotatable bonds is 4. The normalized spacial score (nSPS) is 18.5. The van der Waals surface area contributed by atoms with Gasteiger partial charge in [-0.2, -0.15) is 0 Å². The van der Waals surface area contributed by atoms with Crippen LogP contribution in [0, 0.1) is 24.5 Å². The zero-order chi connectivity index (χ0) is 23.9. The molecule has 1 unspecified atom stereocenters. The van der Waals surface area contributed by atoms with Crippen LogP contribution in [0.15, 0.2) is 30.5 Å². The third-order valence-electron chi connectivity index (χ3n) is 6.02. The Morgan fingerprint density at radius 1 is 1.24 bits per heavy atom. The van der Waals surface area contributed by atoms with Gasteiger partial charge in [0.2, 0.25) is 0 Å². The number of likely N-dealkylation sites (tertiary alicyclic amines) is 1. The topological polar surface area (TPSA) is 86.9 Å². The lowest BCUT2D eigenvalue weighted by Crippen LogP contribution is -2.45. The van der Waals surface area contributed by atoms with Crippen LogP contribution in [-0.2, 0) is 6.42 Å². The minimum Gasteiger partial charge on any atom is -0.465 e. The minimum atomic E-state index is -1.27. The van der Waals surface area contributed by atoms with Crippen LogP contribution in [0.3, 0.4) is 0 Å². The number of aryl methyl sites for hydroxylation is 1. The lowest BCUT2D eigenvalue weighted by Gasteiger charge is -2.33. The van der Waals surface area contributed by atoms with E-state index in [0.29, 0.717) is 11.3 Å². The van der Waals surface area contributed by atoms with Crippen molar-refractivity contribution in [1.29, 1.82) is 0 Å². The molecule has 2 N–H and O–H groups in total. The molecule has 1 aliphatic heterocycles. The Hall–Kier alpha value is -3.56. The molecule has 0 radical (unpaired) electrons. The SMILES string of the molecule is CNC(=O)c1cc(F)c(-c2nc3cc(C)ccn3c2C[C@H]2CN(C(=O)O)CCC2F)c(F)c1. The average Bonchev–Trinajstić information content (AvgIpc) is 3.10. The fourth-order valence-corrected chi connectivity index (χ4v) is 4.29. The van der Waals surface area contributed by atoms with Gasteiger partial charge in [-0.05, 0) is 49.6 Å². The highest BCUT2D eigenvalue weighted by atomic mass is 19.1. The average molecular weight is 460 g/mol. The molecule has 2 aromatic heterocycles. The number of nitrogens with one attached hydrogen (secondary N) is 1. The van der Waals surface area contributed by atoms with E-state index in [1.807, 2.05) is 6.92 Å². The molecule has 10 heteroatoms. The van der Waals surface area contributed by atoms with Gasteiger partial charge in [0.1, 0.15) is 23.5 Å². The summed E-state index contributed by atoms with van der Waals surface area (Å²) in [5.74, 6) is -3.28. The van der Waals surface area contributed by atoms with Crippen LogP contribution >= 0.6 is 0 Å². The summed E-state index contributed by atoms with van der Waals surface area (Å²) in [4.78, 5) is 28.8. The Morgan fingerprint density at radius 3 is 2.58 bits per heavy atom. The van der Waals surface area contributed by atoms with Crippen LogP contribution in [0.5, 0.6) is 0 Å². The van der Waals surface area contributed by atoms with Gasteiger partial charge in [0.15, 0.2) is 0 Å². The summed E-state index contributed by atoms with van der Waals surface area (Å²) in [7, 11) is 1.35. The van der Waals surface area contributed by atoms with Gasteiger partial charge in [-0.15, -0.1) is 0 Å². The fraction of sp³-hybridized carbons (Fsp3) is 0.348. The van der Waals surface area contributed by atoms with Crippen molar-refractivity contribution in [2.45, 2.75) is 25.9 Å². The lowest BCUT2D eigenvalue weighted by molar-refractivity contribution is 0.0782. The molecular weight excluding hydrogens is 437 g/mol. The molecule has 0 bridgehead atoms. The predicted octanol–water partition coefficient (Wildman–Crippen LogP) is 3.83. The number of aromatic nitrogens is 2. The number of fused-ring (bicyclic) bond motifs is 1. The van der Waals surface area contributed by atoms with E-state index < -0.39 is 41.3 Å². The number of alkyl halides is 1. The molecule has 1 fully saturated rings. The van der Waals surface area contributed by atoms with Gasteiger partial charge < -0.3 is 19.7 Å². The smallest absolute Gasteiger partial charge is 0.407 e. The maximum absolute atomic E-state index is 15.1. The molecule has 3 heterocycles. The van der Waals surface area contributed by atoms with E-state index >= 15 is 8.78 Å². The zero-order valence-electron chi connectivity index (χ0n) is 18.1. The van der Waals surface area contributed by atoms with Crippen molar-refractivity contribution < 1.29 is 27.9 Å². The van der Waals surface area contributed by atoms with Crippen molar-refractivity contribution >= 4 is 17.6 Å². The lowest BCUT2D eigenvalue weighted by atomic mass is 9.90. The quantitative estimate of drug-likeness (QED) is 0.620. The number of hydrogen-bond donors (Lipinski definition) is 2. The van der Waals surface area contributed by atoms with E-state index in [4.69, 9.17) is 0 Å². The number of pyridine rings is 1. The monoisotopic (exact) mass is 460 g/mol. The first-order valence-corrected chi connectivity index (χ1v) is 10.5. The van der Waals surface area contributed by atoms with Crippen molar-refractivity contribution in [3.05, 3.63) is 58.9 Å². The van der Waals surface area contributed by atoms with E-state index in [9.17, 15) is 19.1 Å². The van der Waals surface area contributed by atoms with Crippen molar-refractivity contribution in [3.8, 4) is 11.3 Å². The van der Waals surface area contributed by atoms with Gasteiger partial charge in [-0.25, -0.2) is 22.9 Å². The van der Waals surface area contributed by atoms with E-state index in [2.05, 4.69) is 10.3 Å². The molecule has 2 amide bonds. The molecule has 2 atom stereocenters. The Balaban J connectivity index is 1.84. The van der Waals surface area contributed by atoms with Gasteiger partial charge in [-0.1, -0.05) is 0 Å². The Bertz CT molecular complexity index is 1220. The van der Waals surface area contributed by atoms with Crippen molar-refractivity contribution in [1.82, 2.24) is 19.6 Å². The van der Waals surface area contributed by atoms with E-state index in [1.165, 1.54) is 7.05 Å². The van der Waals surface area contributed by atoms with Gasteiger partial charge in [0.25, 0.3) is 5.91 Å². The summed E-state index contributed by atoms with van der Waals surface area (Å²) in [5.41, 5.74) is 1.08. The summed E-state index contributed by atoms with van der Waals surface area (Å²) < 4.78 is 46.6. The van der Waals surface area contributed by atoms with Gasteiger partial charge in [-0.3, -0.25) is 4.79 Å². The van der Waals surface area contributed by atoms with Crippen LogP contribution in [0.4, 0.5) is 18.0 Å².